The van der Waals surface area contributed by atoms with Crippen LogP contribution in [0.5, 0.6) is 0 Å². The molecule has 0 atom stereocenters. The number of rotatable bonds is 3. The number of nitrogens with one attached hydrogen (secondary N) is 1. The Labute approximate surface area is 121 Å². The molecule has 21 heavy (non-hydrogen) atoms. The van der Waals surface area contributed by atoms with Crippen molar-refractivity contribution in [2.75, 3.05) is 5.32 Å². The van der Waals surface area contributed by atoms with Crippen LogP contribution in [0.1, 0.15) is 16.1 Å². The Balaban J connectivity index is 1.77. The van der Waals surface area contributed by atoms with E-state index in [0.29, 0.717) is 5.82 Å². The maximum absolute atomic E-state index is 12.1. The van der Waals surface area contributed by atoms with Gasteiger partial charge in [0.1, 0.15) is 5.82 Å². The van der Waals surface area contributed by atoms with Crippen LogP contribution in [0.15, 0.2) is 54.9 Å². The van der Waals surface area contributed by atoms with E-state index in [0.717, 1.165) is 11.3 Å². The lowest BCUT2D eigenvalue weighted by Crippen LogP contribution is -2.13. The van der Waals surface area contributed by atoms with Crippen molar-refractivity contribution in [1.29, 1.82) is 0 Å². The molecule has 6 heteroatoms. The lowest BCUT2D eigenvalue weighted by molar-refractivity contribution is 0.102. The Kier molecular flexibility index (Phi) is 3.42. The van der Waals surface area contributed by atoms with Crippen LogP contribution in [0.3, 0.4) is 0 Å². The van der Waals surface area contributed by atoms with Gasteiger partial charge in [-0.15, -0.1) is 5.10 Å². The number of hydrogen-bond acceptors (Lipinski definition) is 4. The van der Waals surface area contributed by atoms with Crippen LogP contribution in [-0.2, 0) is 0 Å². The van der Waals surface area contributed by atoms with Gasteiger partial charge in [-0.3, -0.25) is 4.79 Å². The smallest absolute Gasteiger partial charge is 0.279 e. The van der Waals surface area contributed by atoms with E-state index in [1.807, 2.05) is 43.3 Å². The molecule has 2 aromatic heterocycles. The van der Waals surface area contributed by atoms with Gasteiger partial charge in [-0.2, -0.15) is 0 Å². The van der Waals surface area contributed by atoms with Crippen molar-refractivity contribution in [3.05, 3.63) is 66.1 Å². The Morgan fingerprint density at radius 2 is 1.95 bits per heavy atom. The first-order valence-corrected chi connectivity index (χ1v) is 6.44. The van der Waals surface area contributed by atoms with E-state index in [1.54, 1.807) is 23.1 Å². The van der Waals surface area contributed by atoms with Gasteiger partial charge < -0.3 is 5.32 Å². The van der Waals surface area contributed by atoms with Gasteiger partial charge in [-0.1, -0.05) is 29.5 Å². The van der Waals surface area contributed by atoms with Crippen molar-refractivity contribution >= 4 is 11.7 Å². The summed E-state index contributed by atoms with van der Waals surface area (Å²) in [6.45, 7) is 1.93. The van der Waals surface area contributed by atoms with Crippen LogP contribution in [0, 0.1) is 6.92 Å². The van der Waals surface area contributed by atoms with Crippen LogP contribution in [-0.4, -0.2) is 25.9 Å². The van der Waals surface area contributed by atoms with Gasteiger partial charge in [-0.05, 0) is 30.7 Å². The Morgan fingerprint density at radius 3 is 2.67 bits per heavy atom. The van der Waals surface area contributed by atoms with Crippen molar-refractivity contribution in [3.8, 4) is 5.69 Å². The van der Waals surface area contributed by atoms with E-state index in [-0.39, 0.29) is 11.6 Å². The average Bonchev–Trinajstić information content (AvgIpc) is 3.00. The number of nitrogens with zero attached hydrogens (tertiary/aromatic N) is 4. The Hall–Kier alpha value is -3.02. The largest absolute Gasteiger partial charge is 0.305 e. The van der Waals surface area contributed by atoms with Gasteiger partial charge in [0, 0.05) is 6.20 Å². The van der Waals surface area contributed by atoms with Crippen molar-refractivity contribution in [1.82, 2.24) is 20.0 Å². The summed E-state index contributed by atoms with van der Waals surface area (Å²) in [7, 11) is 0. The molecule has 0 aliphatic carbocycles. The molecule has 0 saturated carbocycles. The second kappa shape index (κ2) is 5.54. The van der Waals surface area contributed by atoms with Crippen molar-refractivity contribution < 1.29 is 4.79 Å². The first-order valence-electron chi connectivity index (χ1n) is 6.44. The van der Waals surface area contributed by atoms with Crippen LogP contribution in [0.25, 0.3) is 5.69 Å². The van der Waals surface area contributed by atoms with E-state index in [2.05, 4.69) is 20.6 Å². The molecule has 1 amide bonds. The van der Waals surface area contributed by atoms with Gasteiger partial charge in [0.25, 0.3) is 5.91 Å². The number of amides is 1. The number of carbonyl (C=O) groups is 1. The summed E-state index contributed by atoms with van der Waals surface area (Å²) >= 11 is 0. The summed E-state index contributed by atoms with van der Waals surface area (Å²) < 4.78 is 1.55. The number of aromatic nitrogens is 4. The fraction of sp³-hybridized carbons (Fsp3) is 0.0667. The van der Waals surface area contributed by atoms with Gasteiger partial charge >= 0.3 is 0 Å². The molecular formula is C15H13N5O. The Bertz CT molecular complexity index is 749. The van der Waals surface area contributed by atoms with Crippen molar-refractivity contribution in [2.24, 2.45) is 0 Å². The third-order valence-electron chi connectivity index (χ3n) is 2.90. The minimum absolute atomic E-state index is 0.237. The number of anilines is 1. The van der Waals surface area contributed by atoms with Gasteiger partial charge in [0.2, 0.25) is 0 Å². The monoisotopic (exact) mass is 279 g/mol. The highest BCUT2D eigenvalue weighted by Gasteiger charge is 2.12. The molecule has 1 N–H and O–H groups in total. The molecule has 0 aliphatic heterocycles. The molecule has 0 spiro atoms. The molecule has 0 unspecified atom stereocenters. The van der Waals surface area contributed by atoms with Crippen LogP contribution in [0.2, 0.25) is 0 Å². The zero-order chi connectivity index (χ0) is 14.7. The predicted molar refractivity (Wildman–Crippen MR) is 78.3 cm³/mol. The molecule has 0 aliphatic rings. The van der Waals surface area contributed by atoms with Gasteiger partial charge in [0.05, 0.1) is 11.9 Å². The molecule has 6 nitrogen and oxygen atoms in total. The zero-order valence-electron chi connectivity index (χ0n) is 11.4. The topological polar surface area (TPSA) is 72.7 Å². The SMILES string of the molecule is Cc1ccc(NC(=O)c2cn(-c3ccccc3)nn2)nc1. The normalized spacial score (nSPS) is 10.3. The lowest BCUT2D eigenvalue weighted by Gasteiger charge is -2.01. The third kappa shape index (κ3) is 2.94. The summed E-state index contributed by atoms with van der Waals surface area (Å²) in [5.41, 5.74) is 2.11. The summed E-state index contributed by atoms with van der Waals surface area (Å²) in [5, 5.41) is 10.5. The molecule has 0 saturated heterocycles. The van der Waals surface area contributed by atoms with Gasteiger partial charge in [-0.25, -0.2) is 9.67 Å². The number of carbonyl (C=O) groups excluding carboxylic acids is 1. The van der Waals surface area contributed by atoms with E-state index in [9.17, 15) is 4.79 Å². The van der Waals surface area contributed by atoms with Gasteiger partial charge in [0.15, 0.2) is 5.69 Å². The van der Waals surface area contributed by atoms with Crippen LogP contribution in [0.4, 0.5) is 5.82 Å². The first-order chi connectivity index (χ1) is 10.2. The number of aryl methyl sites for hydroxylation is 1. The van der Waals surface area contributed by atoms with E-state index >= 15 is 0 Å². The number of hydrogen-bond donors (Lipinski definition) is 1. The average molecular weight is 279 g/mol. The van der Waals surface area contributed by atoms with Crippen LogP contribution < -0.4 is 5.32 Å². The highest BCUT2D eigenvalue weighted by atomic mass is 16.2. The first kappa shape index (κ1) is 13.0. The summed E-state index contributed by atoms with van der Waals surface area (Å²) in [6.07, 6.45) is 3.27. The molecular weight excluding hydrogens is 266 g/mol. The zero-order valence-corrected chi connectivity index (χ0v) is 11.4. The standard InChI is InChI=1S/C15H13N5O/c1-11-7-8-14(16-9-11)17-15(21)13-10-20(19-18-13)12-5-3-2-4-6-12/h2-10H,1H3,(H,16,17,21). The molecule has 2 heterocycles. The molecule has 1 aromatic carbocycles. The summed E-state index contributed by atoms with van der Waals surface area (Å²) in [4.78, 5) is 16.2. The van der Waals surface area contributed by atoms with Crippen LogP contribution >= 0.6 is 0 Å². The third-order valence-corrected chi connectivity index (χ3v) is 2.90. The fourth-order valence-corrected chi connectivity index (χ4v) is 1.80. The van der Waals surface area contributed by atoms with E-state index < -0.39 is 0 Å². The molecule has 3 rings (SSSR count). The van der Waals surface area contributed by atoms with E-state index in [4.69, 9.17) is 0 Å². The number of pyridine rings is 1. The maximum atomic E-state index is 12.1. The fourth-order valence-electron chi connectivity index (χ4n) is 1.80. The van der Waals surface area contributed by atoms with Crippen molar-refractivity contribution in [2.45, 2.75) is 6.92 Å². The summed E-state index contributed by atoms with van der Waals surface area (Å²) in [5.74, 6) is 0.147. The number of benzene rings is 1. The quantitative estimate of drug-likeness (QED) is 0.798. The minimum atomic E-state index is -0.339. The molecule has 0 bridgehead atoms. The maximum Gasteiger partial charge on any atom is 0.279 e. The summed E-state index contributed by atoms with van der Waals surface area (Å²) in [6, 6.07) is 13.1. The lowest BCUT2D eigenvalue weighted by atomic mass is 10.3. The highest BCUT2D eigenvalue weighted by molar-refractivity contribution is 6.02. The molecule has 0 fully saturated rings. The molecule has 104 valence electrons. The predicted octanol–water partition coefficient (Wildman–Crippen LogP) is 2.22. The second-order valence-corrected chi connectivity index (χ2v) is 4.56. The number of para-hydroxylation sites is 1. The molecule has 3 aromatic rings. The highest BCUT2D eigenvalue weighted by Crippen LogP contribution is 2.08. The Morgan fingerprint density at radius 1 is 1.14 bits per heavy atom. The molecule has 0 radical (unpaired) electrons. The van der Waals surface area contributed by atoms with Crippen molar-refractivity contribution in [3.63, 3.8) is 0 Å². The minimum Gasteiger partial charge on any atom is -0.305 e. The second-order valence-electron chi connectivity index (χ2n) is 4.56. The van der Waals surface area contributed by atoms with E-state index in [1.165, 1.54) is 0 Å².